The smallest absolute Gasteiger partial charge is 0.159 e. The Morgan fingerprint density at radius 2 is 0.913 bits per heavy atom. The van der Waals surface area contributed by atoms with Crippen molar-refractivity contribution in [2.75, 3.05) is 14.2 Å². The third kappa shape index (κ3) is 5.37. The minimum Gasteiger partial charge on any atom is -0.497 e. The van der Waals surface area contributed by atoms with Crippen LogP contribution < -0.4 is 9.47 Å². The molecule has 0 spiro atoms. The van der Waals surface area contributed by atoms with Gasteiger partial charge in [-0.1, -0.05) is 33.2 Å². The summed E-state index contributed by atoms with van der Waals surface area (Å²) in [5.74, 6) is 3.39. The van der Waals surface area contributed by atoms with E-state index < -0.39 is 0 Å². The van der Waals surface area contributed by atoms with E-state index in [-0.39, 0.29) is 0 Å². The monoisotopic (exact) mass is 644 g/mol. The van der Waals surface area contributed by atoms with Crippen molar-refractivity contribution < 1.29 is 9.47 Å². The quantitative estimate of drug-likeness (QED) is 0.181. The van der Waals surface area contributed by atoms with Crippen LogP contribution in [0.5, 0.6) is 11.5 Å². The van der Waals surface area contributed by atoms with E-state index in [9.17, 15) is 0 Å². The van der Waals surface area contributed by atoms with E-state index in [1.165, 1.54) is 23.1 Å². The van der Waals surface area contributed by atoms with Gasteiger partial charge in [-0.15, -0.1) is 10.2 Å². The predicted molar refractivity (Wildman–Crippen MR) is 183 cm³/mol. The highest BCUT2D eigenvalue weighted by atomic mass is 32.1. The molecule has 0 amide bonds. The van der Waals surface area contributed by atoms with Gasteiger partial charge in [0, 0.05) is 11.4 Å². The lowest BCUT2D eigenvalue weighted by Crippen LogP contribution is -1.97. The molecule has 0 aliphatic heterocycles. The number of hydrogen-bond donors (Lipinski definition) is 0. The molecule has 228 valence electrons. The summed E-state index contributed by atoms with van der Waals surface area (Å²) in [5.41, 5.74) is 7.85. The summed E-state index contributed by atoms with van der Waals surface area (Å²) in [6, 6.07) is 32.1. The van der Waals surface area contributed by atoms with E-state index >= 15 is 0 Å². The van der Waals surface area contributed by atoms with Crippen molar-refractivity contribution in [3.8, 4) is 44.3 Å². The van der Waals surface area contributed by atoms with Crippen LogP contribution in [0.15, 0.2) is 97.1 Å². The second-order valence-electron chi connectivity index (χ2n) is 10.3. The van der Waals surface area contributed by atoms with Crippen LogP contribution in [-0.4, -0.2) is 52.5 Å². The number of hydrogen-bond acceptors (Lipinski definition) is 10. The van der Waals surface area contributed by atoms with Crippen LogP contribution in [0, 0.1) is 13.8 Å². The van der Waals surface area contributed by atoms with Crippen molar-refractivity contribution in [3.63, 3.8) is 0 Å². The Hall–Kier alpha value is -5.46. The number of ether oxygens (including phenoxy) is 2. The van der Waals surface area contributed by atoms with Crippen molar-refractivity contribution >= 4 is 45.1 Å². The van der Waals surface area contributed by atoms with Crippen molar-refractivity contribution in [1.82, 2.24) is 38.3 Å². The van der Waals surface area contributed by atoms with E-state index in [1.807, 2.05) is 98.8 Å². The number of aromatic nitrogens is 8. The summed E-state index contributed by atoms with van der Waals surface area (Å²) in [5, 5.41) is 8.24. The molecule has 0 aliphatic carbocycles. The number of methoxy groups -OCH3 is 2. The van der Waals surface area contributed by atoms with Crippen LogP contribution in [0.25, 0.3) is 54.8 Å². The molecule has 46 heavy (non-hydrogen) atoms. The summed E-state index contributed by atoms with van der Waals surface area (Å²) in [4.78, 5) is 11.6. The molecule has 0 saturated heterocycles. The van der Waals surface area contributed by atoms with Gasteiger partial charge in [-0.05, 0) is 110 Å². The van der Waals surface area contributed by atoms with E-state index in [0.29, 0.717) is 0 Å². The lowest BCUT2D eigenvalue weighted by molar-refractivity contribution is 0.414. The molecule has 4 aromatic carbocycles. The molecule has 0 N–H and O–H groups in total. The number of benzene rings is 4. The van der Waals surface area contributed by atoms with E-state index in [0.717, 1.165) is 77.7 Å². The van der Waals surface area contributed by atoms with E-state index in [1.54, 1.807) is 14.2 Å². The zero-order valence-corrected chi connectivity index (χ0v) is 27.1. The average molecular weight is 645 g/mol. The number of fused-ring (bicyclic) bond motifs is 2. The molecule has 8 aromatic rings. The number of para-hydroxylation sites is 4. The molecule has 8 rings (SSSR count). The predicted octanol–water partition coefficient (Wildman–Crippen LogP) is 7.72. The van der Waals surface area contributed by atoms with Crippen molar-refractivity contribution in [3.05, 3.63) is 108 Å². The Labute approximate surface area is 272 Å². The van der Waals surface area contributed by atoms with Crippen LogP contribution in [0.4, 0.5) is 0 Å². The molecular formula is C34H28N8O2S2. The molecule has 4 aromatic heterocycles. The maximum absolute atomic E-state index is 5.25. The fraction of sp³-hybridized carbons (Fsp3) is 0.118. The highest BCUT2D eigenvalue weighted by molar-refractivity contribution is 7.09. The molecule has 0 atom stereocenters. The second kappa shape index (κ2) is 12.5. The van der Waals surface area contributed by atoms with Crippen LogP contribution in [0.3, 0.4) is 0 Å². The first kappa shape index (κ1) is 29.3. The van der Waals surface area contributed by atoms with Crippen molar-refractivity contribution in [2.24, 2.45) is 0 Å². The molecular weight excluding hydrogens is 617 g/mol. The first-order valence-corrected chi connectivity index (χ1v) is 15.9. The van der Waals surface area contributed by atoms with Gasteiger partial charge in [0.1, 0.15) is 21.3 Å². The second-order valence-corrected chi connectivity index (χ2v) is 11.8. The summed E-state index contributed by atoms with van der Waals surface area (Å²) in [6.45, 7) is 3.91. The lowest BCUT2D eigenvalue weighted by Gasteiger charge is -2.09. The Morgan fingerprint density at radius 3 is 1.26 bits per heavy atom. The topological polar surface area (TPSA) is 106 Å². The van der Waals surface area contributed by atoms with Crippen LogP contribution in [-0.2, 0) is 0 Å². The highest BCUT2D eigenvalue weighted by Crippen LogP contribution is 2.33. The van der Waals surface area contributed by atoms with E-state index in [4.69, 9.17) is 19.4 Å². The Balaban J connectivity index is 0.000000147. The number of rotatable bonds is 6. The third-order valence-corrected chi connectivity index (χ3v) is 9.14. The van der Waals surface area contributed by atoms with Gasteiger partial charge < -0.3 is 9.47 Å². The van der Waals surface area contributed by atoms with Crippen LogP contribution >= 0.6 is 23.1 Å². The summed E-state index contributed by atoms with van der Waals surface area (Å²) in [6.07, 6.45) is 0. The summed E-state index contributed by atoms with van der Waals surface area (Å²) < 4.78 is 22.9. The molecule has 0 fully saturated rings. The fourth-order valence-corrected chi connectivity index (χ4v) is 6.49. The van der Waals surface area contributed by atoms with Crippen molar-refractivity contribution in [1.29, 1.82) is 0 Å². The van der Waals surface area contributed by atoms with Gasteiger partial charge in [0.25, 0.3) is 0 Å². The van der Waals surface area contributed by atoms with Gasteiger partial charge in [-0.25, -0.2) is 9.97 Å². The molecule has 4 heterocycles. The molecule has 0 saturated carbocycles. The van der Waals surface area contributed by atoms with E-state index in [2.05, 4.69) is 40.4 Å². The maximum atomic E-state index is 5.25. The molecule has 10 nitrogen and oxygen atoms in total. The molecule has 0 bridgehead atoms. The molecule has 0 aliphatic rings. The zero-order chi connectivity index (χ0) is 31.6. The maximum Gasteiger partial charge on any atom is 0.159 e. The lowest BCUT2D eigenvalue weighted by atomic mass is 10.2. The largest absolute Gasteiger partial charge is 0.497 e. The van der Waals surface area contributed by atoms with Gasteiger partial charge in [0.05, 0.1) is 47.7 Å². The van der Waals surface area contributed by atoms with Crippen molar-refractivity contribution in [2.45, 2.75) is 13.8 Å². The van der Waals surface area contributed by atoms with Gasteiger partial charge >= 0.3 is 0 Å². The zero-order valence-electron chi connectivity index (χ0n) is 25.4. The fourth-order valence-electron chi connectivity index (χ4n) is 5.22. The SMILES string of the molecule is COc1ccc(-n2c(-c3snnc3C)nc3ccccc32)cc1.COc1ccc(-n2c(-c3snnc3C)nc3ccccc32)cc1. The highest BCUT2D eigenvalue weighted by Gasteiger charge is 2.19. The van der Waals surface area contributed by atoms with Gasteiger partial charge in [0.2, 0.25) is 0 Å². The molecule has 12 heteroatoms. The first-order chi connectivity index (χ1) is 22.6. The number of nitrogens with zero attached hydrogens (tertiary/aromatic N) is 8. The number of imidazole rings is 2. The van der Waals surface area contributed by atoms with Gasteiger partial charge in [-0.3, -0.25) is 9.13 Å². The minimum absolute atomic E-state index is 0.829. The van der Waals surface area contributed by atoms with Gasteiger partial charge in [0.15, 0.2) is 11.6 Å². The first-order valence-electron chi connectivity index (χ1n) is 14.4. The Bertz CT molecular complexity index is 2110. The summed E-state index contributed by atoms with van der Waals surface area (Å²) >= 11 is 2.73. The molecule has 0 radical (unpaired) electrons. The van der Waals surface area contributed by atoms with Gasteiger partial charge in [-0.2, -0.15) is 0 Å². The third-order valence-electron chi connectivity index (χ3n) is 7.49. The standard InChI is InChI=1S/2C17H14N4OS/c2*1-11-16(23-20-19-11)17-18-14-5-3-4-6-15(14)21(17)12-7-9-13(22-2)10-8-12/h2*3-10H,1-2H3. The molecule has 0 unspecified atom stereocenters. The Kier molecular flexibility index (Phi) is 7.95. The average Bonchev–Trinajstić information content (AvgIpc) is 3.89. The minimum atomic E-state index is 0.829. The van der Waals surface area contributed by atoms with Crippen LogP contribution in [0.1, 0.15) is 11.4 Å². The Morgan fingerprint density at radius 1 is 0.522 bits per heavy atom. The van der Waals surface area contributed by atoms with Crippen LogP contribution in [0.2, 0.25) is 0 Å². The summed E-state index contributed by atoms with van der Waals surface area (Å²) in [7, 11) is 3.33. The number of aryl methyl sites for hydroxylation is 2. The normalized spacial score (nSPS) is 11.0.